The molecule has 1 aromatic heterocycles. The zero-order valence-electron chi connectivity index (χ0n) is 21.8. The third-order valence-corrected chi connectivity index (χ3v) is 11.5. The molecule has 5 rings (SSSR count). The van der Waals surface area contributed by atoms with Gasteiger partial charge in [-0.05, 0) is 116 Å². The van der Waals surface area contributed by atoms with Gasteiger partial charge < -0.3 is 5.11 Å². The highest BCUT2D eigenvalue weighted by atomic mass is 16.3. The maximum atomic E-state index is 12.4. The fraction of sp³-hybridized carbons (Fsp3) is 0.926. The van der Waals surface area contributed by atoms with Crippen molar-refractivity contribution < 1.29 is 9.90 Å². The number of carbonyl (C=O) groups is 1. The normalized spacial score (nSPS) is 46.8. The summed E-state index contributed by atoms with van der Waals surface area (Å²) in [5.74, 6) is 4.43. The van der Waals surface area contributed by atoms with Crippen LogP contribution >= 0.6 is 0 Å². The Morgan fingerprint density at radius 2 is 1.88 bits per heavy atom. The number of fused-ring (bicyclic) bond motifs is 5. The predicted molar refractivity (Wildman–Crippen MR) is 132 cm³/mol. The number of amides is 1. The van der Waals surface area contributed by atoms with Crippen molar-refractivity contribution in [3.05, 3.63) is 0 Å². The minimum Gasteiger partial charge on any atom is -0.390 e. The minimum absolute atomic E-state index is 0.0441. The lowest BCUT2D eigenvalue weighted by atomic mass is 9.41. The number of hydrogen-bond acceptors (Lipinski definition) is 5. The number of carbonyl (C=O) groups excluding carboxylic acids is 1. The Hall–Kier alpha value is -1.50. The van der Waals surface area contributed by atoms with Crippen LogP contribution in [0.1, 0.15) is 98.8 Å². The number of anilines is 1. The number of aliphatic hydroxyl groups is 1. The third-order valence-electron chi connectivity index (χ3n) is 11.5. The number of tetrazole rings is 1. The van der Waals surface area contributed by atoms with Crippen LogP contribution in [0.4, 0.5) is 5.95 Å². The van der Waals surface area contributed by atoms with E-state index in [2.05, 4.69) is 60.6 Å². The van der Waals surface area contributed by atoms with Gasteiger partial charge in [-0.3, -0.25) is 10.1 Å². The van der Waals surface area contributed by atoms with Crippen LogP contribution in [0.3, 0.4) is 0 Å². The van der Waals surface area contributed by atoms with Crippen LogP contribution in [0.5, 0.6) is 0 Å². The molecule has 4 saturated carbocycles. The second kappa shape index (κ2) is 8.56. The highest BCUT2D eigenvalue weighted by molar-refractivity contribution is 5.88. The van der Waals surface area contributed by atoms with Crippen LogP contribution in [0.15, 0.2) is 0 Å². The molecule has 0 bridgehead atoms. The quantitative estimate of drug-likeness (QED) is 0.547. The van der Waals surface area contributed by atoms with E-state index >= 15 is 0 Å². The molecule has 7 heteroatoms. The summed E-state index contributed by atoms with van der Waals surface area (Å²) in [4.78, 5) is 12.4. The lowest BCUT2D eigenvalue weighted by Crippen LogP contribution is -2.62. The fourth-order valence-electron chi connectivity index (χ4n) is 9.76. The van der Waals surface area contributed by atoms with Gasteiger partial charge in [-0.1, -0.05) is 39.2 Å². The summed E-state index contributed by atoms with van der Waals surface area (Å²) in [6, 6.07) is 0. The van der Waals surface area contributed by atoms with E-state index in [1.165, 1.54) is 44.9 Å². The molecular weight excluding hydrogens is 426 g/mol. The number of rotatable bonds is 5. The molecule has 4 aliphatic carbocycles. The van der Waals surface area contributed by atoms with Crippen molar-refractivity contribution in [3.8, 4) is 0 Å². The van der Waals surface area contributed by atoms with E-state index in [1.807, 2.05) is 0 Å². The molecule has 0 radical (unpaired) electrons. The Morgan fingerprint density at radius 3 is 2.62 bits per heavy atom. The van der Waals surface area contributed by atoms with Gasteiger partial charge in [0.05, 0.1) is 5.60 Å². The second-order valence-corrected chi connectivity index (χ2v) is 13.4. The average molecular weight is 472 g/mol. The van der Waals surface area contributed by atoms with Crippen LogP contribution in [0.25, 0.3) is 0 Å². The molecule has 34 heavy (non-hydrogen) atoms. The van der Waals surface area contributed by atoms with E-state index in [9.17, 15) is 9.90 Å². The molecule has 7 nitrogen and oxygen atoms in total. The second-order valence-electron chi connectivity index (χ2n) is 13.4. The molecule has 1 heterocycles. The first-order chi connectivity index (χ1) is 16.0. The molecule has 10 atom stereocenters. The van der Waals surface area contributed by atoms with Crippen molar-refractivity contribution in [1.82, 2.24) is 20.6 Å². The molecule has 1 amide bonds. The summed E-state index contributed by atoms with van der Waals surface area (Å²) >= 11 is 0. The zero-order chi connectivity index (χ0) is 24.3. The smallest absolute Gasteiger partial charge is 0.269 e. The van der Waals surface area contributed by atoms with Crippen LogP contribution < -0.4 is 5.32 Å². The SMILES string of the molecule is CC(CCC(=O)Nc1nn[nH]n1)C1CC[C@@H]2[C@H]3[C@H](CC[C@]12C)[C@@]1(C)CC[C@H](C)C[C@H]1C[C@]3(C)O. The summed E-state index contributed by atoms with van der Waals surface area (Å²) < 4.78 is 0. The molecule has 0 spiro atoms. The Bertz CT molecular complexity index is 888. The molecule has 0 saturated heterocycles. The van der Waals surface area contributed by atoms with Gasteiger partial charge in [0.1, 0.15) is 0 Å². The number of aromatic nitrogens is 4. The summed E-state index contributed by atoms with van der Waals surface area (Å²) in [5, 5.41) is 28.1. The monoisotopic (exact) mass is 471 g/mol. The fourth-order valence-corrected chi connectivity index (χ4v) is 9.76. The molecule has 190 valence electrons. The van der Waals surface area contributed by atoms with Gasteiger partial charge in [0, 0.05) is 6.42 Å². The standard InChI is InChI=1S/C27H45N5O2/c1-16-10-12-25(3)18(14-16)15-27(5,34)23-20-8-7-19(26(20,4)13-11-21(23)25)17(2)6-9-22(33)28-24-29-31-32-30-24/h16-21,23,34H,6-15H2,1-5H3,(H2,28,29,30,31,32,33)/t16-,17?,18-,19?,20+,21-,23-,25-,26+,27-/m0/s1. The van der Waals surface area contributed by atoms with Crippen molar-refractivity contribution in [3.63, 3.8) is 0 Å². The highest BCUT2D eigenvalue weighted by Crippen LogP contribution is 2.70. The molecule has 4 aliphatic rings. The first-order valence-electron chi connectivity index (χ1n) is 13.8. The van der Waals surface area contributed by atoms with E-state index in [4.69, 9.17) is 0 Å². The number of nitrogens with zero attached hydrogens (tertiary/aromatic N) is 3. The van der Waals surface area contributed by atoms with E-state index < -0.39 is 5.60 Å². The van der Waals surface area contributed by atoms with E-state index in [1.54, 1.807) is 0 Å². The van der Waals surface area contributed by atoms with Crippen LogP contribution in [0, 0.1) is 52.3 Å². The summed E-state index contributed by atoms with van der Waals surface area (Å²) in [6.45, 7) is 12.0. The number of hydrogen-bond donors (Lipinski definition) is 3. The van der Waals surface area contributed by atoms with E-state index in [-0.39, 0.29) is 17.3 Å². The number of aromatic amines is 1. The largest absolute Gasteiger partial charge is 0.390 e. The Balaban J connectivity index is 1.29. The number of nitrogens with one attached hydrogen (secondary N) is 2. The van der Waals surface area contributed by atoms with Crippen LogP contribution in [-0.2, 0) is 4.79 Å². The van der Waals surface area contributed by atoms with Crippen LogP contribution in [-0.4, -0.2) is 37.2 Å². The number of H-pyrrole nitrogens is 1. The zero-order valence-corrected chi connectivity index (χ0v) is 21.8. The Labute approximate surface area is 204 Å². The van der Waals surface area contributed by atoms with Crippen molar-refractivity contribution >= 4 is 11.9 Å². The summed E-state index contributed by atoms with van der Waals surface area (Å²) in [6.07, 6.45) is 11.3. The molecule has 3 N–H and O–H groups in total. The van der Waals surface area contributed by atoms with Crippen molar-refractivity contribution in [2.45, 2.75) is 104 Å². The summed E-state index contributed by atoms with van der Waals surface area (Å²) in [5.41, 5.74) is 0.110. The molecule has 2 unspecified atom stereocenters. The minimum atomic E-state index is -0.555. The third kappa shape index (κ3) is 3.90. The van der Waals surface area contributed by atoms with Gasteiger partial charge in [-0.2, -0.15) is 5.21 Å². The molecule has 0 aliphatic heterocycles. The van der Waals surface area contributed by atoms with Gasteiger partial charge in [0.2, 0.25) is 5.91 Å². The molecule has 0 aromatic carbocycles. The van der Waals surface area contributed by atoms with Gasteiger partial charge in [0.15, 0.2) is 0 Å². The lowest BCUT2D eigenvalue weighted by Gasteiger charge is -2.65. The molecule has 4 fully saturated rings. The Kier molecular flexibility index (Phi) is 6.10. The topological polar surface area (TPSA) is 104 Å². The maximum absolute atomic E-state index is 12.4. The van der Waals surface area contributed by atoms with Crippen molar-refractivity contribution in [2.75, 3.05) is 5.32 Å². The van der Waals surface area contributed by atoms with Gasteiger partial charge in [-0.25, -0.2) is 0 Å². The Morgan fingerprint density at radius 1 is 1.15 bits per heavy atom. The van der Waals surface area contributed by atoms with Crippen molar-refractivity contribution in [2.24, 2.45) is 52.3 Å². The lowest BCUT2D eigenvalue weighted by molar-refractivity contribution is -0.209. The van der Waals surface area contributed by atoms with E-state index in [0.29, 0.717) is 47.3 Å². The molecule has 1 aromatic rings. The van der Waals surface area contributed by atoms with Gasteiger partial charge in [0.25, 0.3) is 5.95 Å². The van der Waals surface area contributed by atoms with E-state index in [0.717, 1.165) is 18.8 Å². The van der Waals surface area contributed by atoms with Crippen LogP contribution in [0.2, 0.25) is 0 Å². The first kappa shape index (κ1) is 24.2. The molecular formula is C27H45N5O2. The van der Waals surface area contributed by atoms with Crippen molar-refractivity contribution in [1.29, 1.82) is 0 Å². The van der Waals surface area contributed by atoms with Gasteiger partial charge >= 0.3 is 0 Å². The summed E-state index contributed by atoms with van der Waals surface area (Å²) in [7, 11) is 0. The average Bonchev–Trinajstić information content (AvgIpc) is 3.40. The highest BCUT2D eigenvalue weighted by Gasteiger charge is 2.65. The first-order valence-corrected chi connectivity index (χ1v) is 13.8. The maximum Gasteiger partial charge on any atom is 0.269 e. The predicted octanol–water partition coefficient (Wildman–Crippen LogP) is 5.21. The van der Waals surface area contributed by atoms with Gasteiger partial charge in [-0.15, -0.1) is 5.10 Å².